The van der Waals surface area contributed by atoms with Crippen LogP contribution in [-0.4, -0.2) is 39.6 Å². The van der Waals surface area contributed by atoms with E-state index in [1.54, 1.807) is 11.8 Å². The van der Waals surface area contributed by atoms with Crippen molar-refractivity contribution in [2.45, 2.75) is 90.4 Å². The zero-order chi connectivity index (χ0) is 28.1. The van der Waals surface area contributed by atoms with Crippen LogP contribution in [0.2, 0.25) is 0 Å². The lowest BCUT2D eigenvalue weighted by Gasteiger charge is -2.23. The number of carbonyl (C=O) groups is 1. The van der Waals surface area contributed by atoms with Crippen LogP contribution in [0, 0.1) is 0 Å². The summed E-state index contributed by atoms with van der Waals surface area (Å²) in [5, 5.41) is 14.4. The molecule has 0 spiro atoms. The van der Waals surface area contributed by atoms with E-state index >= 15 is 0 Å². The number of benzene rings is 1. The van der Waals surface area contributed by atoms with Gasteiger partial charge in [0.2, 0.25) is 5.88 Å². The molecule has 1 N–H and O–H groups in total. The predicted molar refractivity (Wildman–Crippen MR) is 153 cm³/mol. The van der Waals surface area contributed by atoms with E-state index < -0.39 is 5.97 Å². The average molecular weight is 534 g/mol. The number of rotatable bonds is 12. The van der Waals surface area contributed by atoms with E-state index in [1.807, 2.05) is 13.1 Å². The van der Waals surface area contributed by atoms with E-state index in [4.69, 9.17) is 14.5 Å². The molecule has 1 unspecified atom stereocenters. The minimum absolute atomic E-state index is 0.0260. The Morgan fingerprint density at radius 1 is 1.03 bits per heavy atom. The number of hydrogen-bond acceptors (Lipinski definition) is 5. The Bertz CT molecular complexity index is 1270. The molecule has 0 radical (unpaired) electrons. The van der Waals surface area contributed by atoms with Gasteiger partial charge < -0.3 is 14.6 Å². The molecule has 0 fully saturated rings. The maximum Gasteiger partial charge on any atom is 0.303 e. The van der Waals surface area contributed by atoms with Crippen molar-refractivity contribution in [2.75, 3.05) is 13.7 Å². The Labute approximate surface area is 232 Å². The summed E-state index contributed by atoms with van der Waals surface area (Å²) < 4.78 is 13.6. The van der Waals surface area contributed by atoms with Crippen molar-refractivity contribution in [3.05, 3.63) is 69.7 Å². The van der Waals surface area contributed by atoms with Crippen molar-refractivity contribution in [1.82, 2.24) is 14.8 Å². The first-order valence-electron chi connectivity index (χ1n) is 14.2. The third kappa shape index (κ3) is 7.00. The van der Waals surface area contributed by atoms with Crippen LogP contribution in [0.3, 0.4) is 0 Å². The quantitative estimate of drug-likeness (QED) is 0.291. The fraction of sp³-hybridized carbons (Fsp3) is 0.531. The number of carboxylic acids is 1. The summed E-state index contributed by atoms with van der Waals surface area (Å²) in [6.07, 6.45) is 5.94. The molecule has 1 atom stereocenters. The van der Waals surface area contributed by atoms with Crippen LogP contribution in [0.25, 0.3) is 0 Å². The number of ether oxygens (including phenoxy) is 2. The molecule has 7 nitrogen and oxygen atoms in total. The standard InChI is InChI=1S/C32H43N3O4/c1-20(2)27-16-24(17-28(21(3)4)32(27)38-6)23(18-31(36)37)15-26-19-30(35(5)34-26)39-14-13-25-12-11-22-9-7-8-10-29(22)33-25/h11-12,16-17,19-21,23H,7-10,13-15,18H2,1-6H3,(H,36,37). The number of aryl methyl sites for hydroxylation is 3. The van der Waals surface area contributed by atoms with Gasteiger partial charge >= 0.3 is 5.97 Å². The molecule has 0 saturated heterocycles. The predicted octanol–water partition coefficient (Wildman–Crippen LogP) is 6.37. The lowest BCUT2D eigenvalue weighted by Crippen LogP contribution is -2.12. The van der Waals surface area contributed by atoms with Crippen LogP contribution < -0.4 is 9.47 Å². The second-order valence-electron chi connectivity index (χ2n) is 11.4. The number of fused-ring (bicyclic) bond motifs is 1. The molecule has 1 aliphatic carbocycles. The monoisotopic (exact) mass is 533 g/mol. The molecule has 7 heteroatoms. The van der Waals surface area contributed by atoms with Gasteiger partial charge in [-0.25, -0.2) is 4.68 Å². The van der Waals surface area contributed by atoms with E-state index in [2.05, 4.69) is 57.1 Å². The molecular formula is C32H43N3O4. The summed E-state index contributed by atoms with van der Waals surface area (Å²) >= 11 is 0. The normalized spacial score (nSPS) is 13.9. The highest BCUT2D eigenvalue weighted by Gasteiger charge is 2.24. The summed E-state index contributed by atoms with van der Waals surface area (Å²) in [4.78, 5) is 16.7. The van der Waals surface area contributed by atoms with Crippen molar-refractivity contribution >= 4 is 5.97 Å². The minimum atomic E-state index is -0.821. The van der Waals surface area contributed by atoms with Gasteiger partial charge in [-0.05, 0) is 78.2 Å². The highest BCUT2D eigenvalue weighted by molar-refractivity contribution is 5.68. The maximum absolute atomic E-state index is 11.9. The number of carboxylic acid groups (broad SMARTS) is 1. The topological polar surface area (TPSA) is 86.5 Å². The molecule has 1 aromatic carbocycles. The fourth-order valence-electron chi connectivity index (χ4n) is 5.57. The molecule has 39 heavy (non-hydrogen) atoms. The number of aromatic nitrogens is 3. The summed E-state index contributed by atoms with van der Waals surface area (Å²) in [6.45, 7) is 9.07. The lowest BCUT2D eigenvalue weighted by molar-refractivity contribution is -0.137. The number of methoxy groups -OCH3 is 1. The Balaban J connectivity index is 1.50. The van der Waals surface area contributed by atoms with Gasteiger partial charge in [0.05, 0.1) is 25.8 Å². The third-order valence-corrected chi connectivity index (χ3v) is 7.70. The van der Waals surface area contributed by atoms with Crippen LogP contribution in [0.5, 0.6) is 11.6 Å². The van der Waals surface area contributed by atoms with Gasteiger partial charge in [-0.2, -0.15) is 5.10 Å². The molecule has 2 heterocycles. The Kier molecular flexibility index (Phi) is 9.31. The lowest BCUT2D eigenvalue weighted by atomic mass is 9.84. The highest BCUT2D eigenvalue weighted by Crippen LogP contribution is 2.39. The smallest absolute Gasteiger partial charge is 0.303 e. The third-order valence-electron chi connectivity index (χ3n) is 7.70. The molecule has 3 aromatic rings. The molecule has 0 aliphatic heterocycles. The van der Waals surface area contributed by atoms with Gasteiger partial charge in [-0.1, -0.05) is 45.9 Å². The molecule has 0 bridgehead atoms. The summed E-state index contributed by atoms with van der Waals surface area (Å²) in [7, 11) is 3.57. The molecule has 210 valence electrons. The van der Waals surface area contributed by atoms with E-state index in [1.165, 1.54) is 24.1 Å². The minimum Gasteiger partial charge on any atom is -0.496 e. The summed E-state index contributed by atoms with van der Waals surface area (Å²) in [5.74, 6) is 1.05. The van der Waals surface area contributed by atoms with Crippen molar-refractivity contribution in [2.24, 2.45) is 7.05 Å². The second kappa shape index (κ2) is 12.7. The second-order valence-corrected chi connectivity index (χ2v) is 11.4. The Morgan fingerprint density at radius 3 is 2.36 bits per heavy atom. The van der Waals surface area contributed by atoms with E-state index in [-0.39, 0.29) is 24.2 Å². The average Bonchev–Trinajstić information content (AvgIpc) is 3.25. The van der Waals surface area contributed by atoms with Crippen molar-refractivity contribution in [3.63, 3.8) is 0 Å². The Morgan fingerprint density at radius 2 is 1.72 bits per heavy atom. The maximum atomic E-state index is 11.9. The van der Waals surface area contributed by atoms with Gasteiger partial charge in [0.15, 0.2) is 0 Å². The van der Waals surface area contributed by atoms with Crippen LogP contribution in [-0.2, 0) is 37.5 Å². The van der Waals surface area contributed by atoms with Gasteiger partial charge in [0, 0.05) is 30.9 Å². The fourth-order valence-corrected chi connectivity index (χ4v) is 5.57. The first-order valence-corrected chi connectivity index (χ1v) is 14.2. The van der Waals surface area contributed by atoms with Crippen LogP contribution in [0.4, 0.5) is 0 Å². The van der Waals surface area contributed by atoms with Crippen LogP contribution >= 0.6 is 0 Å². The van der Waals surface area contributed by atoms with Crippen molar-refractivity contribution in [1.29, 1.82) is 0 Å². The number of hydrogen-bond donors (Lipinski definition) is 1. The molecule has 4 rings (SSSR count). The van der Waals surface area contributed by atoms with Crippen LogP contribution in [0.1, 0.15) is 104 Å². The van der Waals surface area contributed by atoms with Crippen molar-refractivity contribution in [3.8, 4) is 11.6 Å². The highest BCUT2D eigenvalue weighted by atomic mass is 16.5. The van der Waals surface area contributed by atoms with E-state index in [0.29, 0.717) is 18.9 Å². The number of aliphatic carboxylic acids is 1. The van der Waals surface area contributed by atoms with Crippen molar-refractivity contribution < 1.29 is 19.4 Å². The largest absolute Gasteiger partial charge is 0.496 e. The molecular weight excluding hydrogens is 490 g/mol. The van der Waals surface area contributed by atoms with E-state index in [0.717, 1.165) is 53.1 Å². The van der Waals surface area contributed by atoms with Gasteiger partial charge in [-0.3, -0.25) is 9.78 Å². The van der Waals surface area contributed by atoms with Gasteiger partial charge in [0.25, 0.3) is 0 Å². The zero-order valence-corrected chi connectivity index (χ0v) is 24.3. The summed E-state index contributed by atoms with van der Waals surface area (Å²) in [6, 6.07) is 10.5. The number of pyridine rings is 1. The summed E-state index contributed by atoms with van der Waals surface area (Å²) in [5.41, 5.74) is 7.73. The molecule has 0 amide bonds. The first-order chi connectivity index (χ1) is 18.7. The SMILES string of the molecule is COc1c(C(C)C)cc(C(CC(=O)O)Cc2cc(OCCc3ccc4c(n3)CCCC4)n(C)n2)cc1C(C)C. The number of nitrogens with zero attached hydrogens (tertiary/aromatic N) is 3. The van der Waals surface area contributed by atoms with E-state index in [9.17, 15) is 9.90 Å². The zero-order valence-electron chi connectivity index (χ0n) is 24.3. The van der Waals surface area contributed by atoms with Crippen LogP contribution in [0.15, 0.2) is 30.3 Å². The molecule has 1 aliphatic rings. The molecule has 0 saturated carbocycles. The van der Waals surface area contributed by atoms with Gasteiger partial charge in [0.1, 0.15) is 5.75 Å². The Hall–Kier alpha value is -3.35. The molecule has 2 aromatic heterocycles. The van der Waals surface area contributed by atoms with Gasteiger partial charge in [-0.15, -0.1) is 0 Å². The first kappa shape index (κ1) is 28.7.